The summed E-state index contributed by atoms with van der Waals surface area (Å²) in [5, 5.41) is 41.5. The lowest BCUT2D eigenvalue weighted by atomic mass is 9.86. The first-order chi connectivity index (χ1) is 35.7. The molecule has 0 radical (unpaired) electrons. The number of carbonyl (C=O) groups is 2. The Balaban J connectivity index is 0.00000309. The van der Waals surface area contributed by atoms with E-state index in [4.69, 9.17) is 24.4 Å². The van der Waals surface area contributed by atoms with Crippen molar-refractivity contribution < 1.29 is 34.4 Å². The highest BCUT2D eigenvalue weighted by molar-refractivity contribution is 7.97. The van der Waals surface area contributed by atoms with Crippen molar-refractivity contribution in [2.24, 2.45) is 5.92 Å². The quantitative estimate of drug-likeness (QED) is 0.0705. The summed E-state index contributed by atoms with van der Waals surface area (Å²) in [6.45, 7) is 11.9. The molecule has 8 heterocycles. The number of phenolic OH excluding ortho intramolecular Hbond substituents is 2. The van der Waals surface area contributed by atoms with E-state index in [0.29, 0.717) is 76.7 Å². The second-order valence-electron chi connectivity index (χ2n) is 19.9. The molecule has 2 saturated heterocycles. The maximum atomic E-state index is 13.8. The number of aromatic nitrogens is 6. The number of H-pyrrole nitrogens is 1. The predicted octanol–water partition coefficient (Wildman–Crippen LogP) is 8.15. The Hall–Kier alpha value is -7.29. The zero-order chi connectivity index (χ0) is 52.2. The molecule has 0 saturated carbocycles. The molecule has 11 rings (SSSR count). The molecule has 0 spiro atoms. The van der Waals surface area contributed by atoms with Crippen molar-refractivity contribution in [3.05, 3.63) is 125 Å². The van der Waals surface area contributed by atoms with Gasteiger partial charge in [-0.2, -0.15) is 5.10 Å². The van der Waals surface area contributed by atoms with Crippen molar-refractivity contribution in [2.75, 3.05) is 26.2 Å². The van der Waals surface area contributed by atoms with Gasteiger partial charge in [0.05, 0.1) is 40.3 Å². The molecule has 1 amide bonds. The molecule has 19 nitrogen and oxygen atoms in total. The Morgan fingerprint density at radius 3 is 2.43 bits per heavy atom. The number of phenols is 2. The summed E-state index contributed by atoms with van der Waals surface area (Å²) >= 11 is 1.93. The SMILES string of the molecule is CCc1c2c(nc3ccc(OC(=O)N4CCC(SN5CCC(CCn6ccc7cc(-n8c(-c9cc(C(C)C)c(O)cc9O)n[nH]c8=O)ccc76)CC5)CC4)cc13)-c1cc3c(c(=O)n1C2)COC(=O)[C@]3(O)CC.O=O. The number of esters is 1. The van der Waals surface area contributed by atoms with Crippen LogP contribution in [0.5, 0.6) is 17.2 Å². The number of nitrogens with one attached hydrogen (secondary N) is 1. The normalized spacial score (nSPS) is 18.0. The Labute approximate surface area is 429 Å². The Morgan fingerprint density at radius 1 is 0.932 bits per heavy atom. The number of nitrogens with zero attached hydrogens (tertiary/aromatic N) is 7. The van der Waals surface area contributed by atoms with Crippen LogP contribution in [0.1, 0.15) is 100.0 Å². The van der Waals surface area contributed by atoms with E-state index >= 15 is 0 Å². The van der Waals surface area contributed by atoms with Gasteiger partial charge in [-0.15, -0.1) is 0 Å². The van der Waals surface area contributed by atoms with Crippen molar-refractivity contribution >= 4 is 45.8 Å². The van der Waals surface area contributed by atoms with E-state index < -0.39 is 17.3 Å². The van der Waals surface area contributed by atoms with Crippen LogP contribution in [0.4, 0.5) is 4.79 Å². The summed E-state index contributed by atoms with van der Waals surface area (Å²) in [6, 6.07) is 18.1. The molecule has 3 aromatic carbocycles. The lowest BCUT2D eigenvalue weighted by molar-refractivity contribution is -0.172. The fourth-order valence-corrected chi connectivity index (χ4v) is 12.5. The molecule has 4 aromatic heterocycles. The van der Waals surface area contributed by atoms with Crippen LogP contribution in [0.2, 0.25) is 0 Å². The number of piperidine rings is 2. The van der Waals surface area contributed by atoms with E-state index in [1.807, 2.05) is 63.1 Å². The number of benzene rings is 3. The summed E-state index contributed by atoms with van der Waals surface area (Å²) in [6.07, 6.45) is 7.50. The fraction of sp³-hybridized carbons (Fsp3) is 0.407. The second-order valence-corrected chi connectivity index (χ2v) is 21.3. The van der Waals surface area contributed by atoms with Crippen LogP contribution in [-0.2, 0) is 41.2 Å². The molecule has 4 aliphatic rings. The average molecular weight is 1030 g/mol. The molecule has 20 heteroatoms. The minimum atomic E-state index is -1.90. The number of carbonyl (C=O) groups excluding carboxylic acids is 2. The topological polar surface area (TPSA) is 244 Å². The largest absolute Gasteiger partial charge is 0.508 e. The van der Waals surface area contributed by atoms with Crippen molar-refractivity contribution in [1.82, 2.24) is 38.1 Å². The van der Waals surface area contributed by atoms with Crippen LogP contribution < -0.4 is 16.0 Å². The second kappa shape index (κ2) is 20.2. The van der Waals surface area contributed by atoms with Gasteiger partial charge in [-0.05, 0) is 123 Å². The number of aryl methyl sites for hydroxylation is 2. The van der Waals surface area contributed by atoms with Crippen LogP contribution in [0.25, 0.3) is 50.3 Å². The van der Waals surface area contributed by atoms with E-state index in [1.54, 1.807) is 34.6 Å². The lowest BCUT2D eigenvalue weighted by Gasteiger charge is -2.36. The first kappa shape index (κ1) is 50.3. The third kappa shape index (κ3) is 8.91. The van der Waals surface area contributed by atoms with Gasteiger partial charge < -0.3 is 38.8 Å². The zero-order valence-electron chi connectivity index (χ0n) is 41.6. The van der Waals surface area contributed by atoms with E-state index in [9.17, 15) is 34.5 Å². The molecule has 0 aliphatic carbocycles. The molecule has 74 heavy (non-hydrogen) atoms. The number of aromatic amines is 1. The van der Waals surface area contributed by atoms with Crippen LogP contribution in [0.15, 0.2) is 76.4 Å². The van der Waals surface area contributed by atoms with Gasteiger partial charge in [0.15, 0.2) is 11.4 Å². The minimum Gasteiger partial charge on any atom is -0.508 e. The molecule has 4 N–H and O–H groups in total. The maximum absolute atomic E-state index is 13.8. The maximum Gasteiger partial charge on any atom is 0.415 e. The van der Waals surface area contributed by atoms with E-state index in [-0.39, 0.29) is 59.0 Å². The molecular weight excluding hydrogens is 969 g/mol. The molecule has 0 unspecified atom stereocenters. The first-order valence-electron chi connectivity index (χ1n) is 25.2. The predicted molar refractivity (Wildman–Crippen MR) is 280 cm³/mol. The Morgan fingerprint density at radius 2 is 1.70 bits per heavy atom. The summed E-state index contributed by atoms with van der Waals surface area (Å²) in [5.41, 5.74) is 4.43. The highest BCUT2D eigenvalue weighted by Crippen LogP contribution is 2.42. The number of aromatic hydroxyl groups is 2. The van der Waals surface area contributed by atoms with Gasteiger partial charge in [-0.1, -0.05) is 39.6 Å². The number of rotatable bonds is 11. The zero-order valence-corrected chi connectivity index (χ0v) is 42.4. The standard InChI is InChI=1S/C54H58N8O9S.O2/c1-5-36-38-24-34(8-9-43(38)55-48-40(36)28-61-45(48)26-42-41(50(61)65)29-70-51(66)54(42,69)6-2)71-53(68)59-19-15-35(16-20-59)72-60-21-12-31(13-22-60)11-17-58-18-14-32-23-33(7-10-44(32)58)62-49(56-57-52(62)67)39-25-37(30(3)4)46(63)27-47(39)64;1-2/h7-10,14,18,23-27,30-31,35,63-64,69H,5-6,11-13,15-17,19-22,28-29H2,1-4H3,(H,57,67);/t54-;/m0./s1. The molecular formula is C54H58N8O11S. The fourth-order valence-electron chi connectivity index (χ4n) is 11.2. The highest BCUT2D eigenvalue weighted by atomic mass is 32.2. The number of pyridine rings is 2. The molecule has 0 bridgehead atoms. The lowest BCUT2D eigenvalue weighted by Crippen LogP contribution is -2.44. The van der Waals surface area contributed by atoms with Gasteiger partial charge in [0.2, 0.25) is 0 Å². The Kier molecular flexibility index (Phi) is 13.7. The molecule has 386 valence electrons. The third-order valence-corrected chi connectivity index (χ3v) is 16.8. The van der Waals surface area contributed by atoms with Crippen molar-refractivity contribution in [2.45, 2.75) is 109 Å². The number of hydrogen-bond acceptors (Lipinski definition) is 15. The number of cyclic esters (lactones) is 1. The Bertz CT molecular complexity index is 3460. The van der Waals surface area contributed by atoms with Crippen LogP contribution in [-0.4, -0.2) is 96.9 Å². The third-order valence-electron chi connectivity index (χ3n) is 15.4. The summed E-state index contributed by atoms with van der Waals surface area (Å²) in [4.78, 5) is 73.8. The summed E-state index contributed by atoms with van der Waals surface area (Å²) < 4.78 is 19.1. The number of likely N-dealkylation sites (tertiary alicyclic amines) is 1. The van der Waals surface area contributed by atoms with E-state index in [2.05, 4.69) is 31.3 Å². The van der Waals surface area contributed by atoms with E-state index in [0.717, 1.165) is 79.2 Å². The molecule has 4 aliphatic heterocycles. The van der Waals surface area contributed by atoms with Gasteiger partial charge in [-0.3, -0.25) is 9.10 Å². The molecule has 1 atom stereocenters. The van der Waals surface area contributed by atoms with Crippen molar-refractivity contribution in [3.8, 4) is 45.7 Å². The summed E-state index contributed by atoms with van der Waals surface area (Å²) in [7, 11) is 0. The molecule has 7 aromatic rings. The monoisotopic (exact) mass is 1030 g/mol. The highest BCUT2D eigenvalue weighted by Gasteiger charge is 2.45. The molecule has 2 fully saturated rings. The van der Waals surface area contributed by atoms with Gasteiger partial charge >= 0.3 is 17.8 Å². The number of hydrogen-bond donors (Lipinski definition) is 4. The number of aliphatic hydroxyl groups is 1. The van der Waals surface area contributed by atoms with Gasteiger partial charge in [0.25, 0.3) is 5.56 Å². The summed E-state index contributed by atoms with van der Waals surface area (Å²) in [5.74, 6) is 0.376. The first-order valence-corrected chi connectivity index (χ1v) is 26.1. The van der Waals surface area contributed by atoms with Gasteiger partial charge in [0, 0.05) is 87.6 Å². The smallest absolute Gasteiger partial charge is 0.415 e. The number of fused-ring (bicyclic) bond motifs is 6. The van der Waals surface area contributed by atoms with Crippen LogP contribution in [0.3, 0.4) is 0 Å². The minimum absolute atomic E-state index is 0.00323. The number of ether oxygens (including phenoxy) is 2. The van der Waals surface area contributed by atoms with Crippen LogP contribution in [0, 0.1) is 15.8 Å². The van der Waals surface area contributed by atoms with Gasteiger partial charge in [0.1, 0.15) is 23.9 Å². The van der Waals surface area contributed by atoms with E-state index in [1.165, 1.54) is 10.6 Å². The van der Waals surface area contributed by atoms with Crippen LogP contribution >= 0.6 is 11.9 Å². The average Bonchev–Trinajstić information content (AvgIpc) is 4.12. The van der Waals surface area contributed by atoms with Crippen molar-refractivity contribution in [3.63, 3.8) is 0 Å². The number of amides is 1. The van der Waals surface area contributed by atoms with Gasteiger partial charge in [-0.25, -0.2) is 29.0 Å². The van der Waals surface area contributed by atoms with Crippen molar-refractivity contribution in [1.29, 1.82) is 0 Å².